The van der Waals surface area contributed by atoms with Gasteiger partial charge in [-0.05, 0) is 11.6 Å². The van der Waals surface area contributed by atoms with E-state index in [1.807, 2.05) is 0 Å². The third-order valence-corrected chi connectivity index (χ3v) is 2.08. The van der Waals surface area contributed by atoms with Gasteiger partial charge >= 0.3 is 0 Å². The number of carboxylic acids is 1. The lowest BCUT2D eigenvalue weighted by Crippen LogP contribution is -2.69. The van der Waals surface area contributed by atoms with Crippen LogP contribution in [0.5, 0.6) is 0 Å². The molecule has 15 heavy (non-hydrogen) atoms. The molecule has 1 aromatic carbocycles. The molecule has 1 amide bonds. The smallest absolute Gasteiger partial charge is 0.248 e. The predicted octanol–water partition coefficient (Wildman–Crippen LogP) is -2.31. The maximum Gasteiger partial charge on any atom is 0.248 e. The Morgan fingerprint density at radius 1 is 1.40 bits per heavy atom. The lowest BCUT2D eigenvalue weighted by molar-refractivity contribution is -0.437. The first-order valence-corrected chi connectivity index (χ1v) is 4.44. The third kappa shape index (κ3) is 2.78. The van der Waals surface area contributed by atoms with Crippen molar-refractivity contribution in [2.45, 2.75) is 12.5 Å². The third-order valence-electron chi connectivity index (χ3n) is 2.08. The zero-order valence-corrected chi connectivity index (χ0v) is 8.10. The van der Waals surface area contributed by atoms with E-state index in [1.165, 1.54) is 0 Å². The lowest BCUT2D eigenvalue weighted by Gasteiger charge is -2.11. The molecule has 0 aliphatic heterocycles. The highest BCUT2D eigenvalue weighted by Gasteiger charge is 2.13. The standard InChI is InChI=1S/C10H12N2O3/c11-8(10(14)15)5-6-3-1-2-4-7(6)9(12)13/h1-4,8H,5,11H2,(H2,12,13)(H,14,15)/t8-/m0/s1. The number of amides is 1. The molecule has 1 atom stereocenters. The van der Waals surface area contributed by atoms with Gasteiger partial charge in [-0.2, -0.15) is 0 Å². The Balaban J connectivity index is 2.94. The minimum absolute atomic E-state index is 0.140. The van der Waals surface area contributed by atoms with Crippen LogP contribution in [0.15, 0.2) is 24.3 Å². The molecule has 0 saturated carbocycles. The van der Waals surface area contributed by atoms with Crippen LogP contribution < -0.4 is 16.6 Å². The van der Waals surface area contributed by atoms with E-state index in [-0.39, 0.29) is 6.42 Å². The molecule has 0 saturated heterocycles. The highest BCUT2D eigenvalue weighted by molar-refractivity contribution is 5.94. The van der Waals surface area contributed by atoms with Crippen molar-refractivity contribution in [2.24, 2.45) is 5.73 Å². The number of carboxylic acid groups (broad SMARTS) is 1. The molecule has 5 nitrogen and oxygen atoms in total. The van der Waals surface area contributed by atoms with Crippen molar-refractivity contribution in [3.8, 4) is 0 Å². The first-order chi connectivity index (χ1) is 7.02. The Labute approximate surface area is 86.7 Å². The molecular weight excluding hydrogens is 196 g/mol. The molecular formula is C10H12N2O3. The highest BCUT2D eigenvalue weighted by atomic mass is 16.4. The summed E-state index contributed by atoms with van der Waals surface area (Å²) >= 11 is 0. The molecule has 80 valence electrons. The maximum atomic E-state index is 11.0. The van der Waals surface area contributed by atoms with E-state index < -0.39 is 17.9 Å². The average Bonchev–Trinajstić information content (AvgIpc) is 2.18. The van der Waals surface area contributed by atoms with E-state index >= 15 is 0 Å². The molecule has 5 heteroatoms. The first kappa shape index (κ1) is 11.2. The summed E-state index contributed by atoms with van der Waals surface area (Å²) in [6, 6.07) is 5.70. The van der Waals surface area contributed by atoms with Crippen LogP contribution in [0.3, 0.4) is 0 Å². The van der Waals surface area contributed by atoms with Gasteiger partial charge in [-0.15, -0.1) is 0 Å². The van der Waals surface area contributed by atoms with Crippen LogP contribution in [0, 0.1) is 0 Å². The van der Waals surface area contributed by atoms with E-state index in [0.717, 1.165) is 0 Å². The Bertz CT molecular complexity index is 390. The molecule has 0 heterocycles. The molecule has 0 aromatic heterocycles. The van der Waals surface area contributed by atoms with Crippen LogP contribution in [0.4, 0.5) is 0 Å². The number of carbonyl (C=O) groups excluding carboxylic acids is 2. The van der Waals surface area contributed by atoms with E-state index in [2.05, 4.69) is 5.73 Å². The molecule has 1 rings (SSSR count). The quantitative estimate of drug-likeness (QED) is 0.579. The number of hydrogen-bond donors (Lipinski definition) is 2. The topological polar surface area (TPSA) is 111 Å². The number of primary amides is 1. The number of rotatable bonds is 4. The summed E-state index contributed by atoms with van der Waals surface area (Å²) in [5, 5.41) is 10.5. The van der Waals surface area contributed by atoms with Crippen molar-refractivity contribution in [1.82, 2.24) is 0 Å². The second-order valence-corrected chi connectivity index (χ2v) is 3.24. The average molecular weight is 208 g/mol. The van der Waals surface area contributed by atoms with Crippen molar-refractivity contribution in [3.63, 3.8) is 0 Å². The van der Waals surface area contributed by atoms with Gasteiger partial charge in [-0.3, -0.25) is 4.79 Å². The molecule has 0 radical (unpaired) electrons. The van der Waals surface area contributed by atoms with Gasteiger partial charge < -0.3 is 21.4 Å². The van der Waals surface area contributed by atoms with Crippen LogP contribution in [-0.2, 0) is 11.2 Å². The van der Waals surface area contributed by atoms with Gasteiger partial charge in [0.25, 0.3) is 0 Å². The summed E-state index contributed by atoms with van der Waals surface area (Å²) in [6.07, 6.45) is 0.140. The molecule has 0 aliphatic rings. The molecule has 0 aliphatic carbocycles. The van der Waals surface area contributed by atoms with E-state index in [4.69, 9.17) is 5.73 Å². The first-order valence-electron chi connectivity index (χ1n) is 4.44. The monoisotopic (exact) mass is 208 g/mol. The summed E-state index contributed by atoms with van der Waals surface area (Å²) in [5.41, 5.74) is 9.47. The molecule has 0 bridgehead atoms. The maximum absolute atomic E-state index is 11.0. The zero-order valence-electron chi connectivity index (χ0n) is 8.10. The summed E-state index contributed by atoms with van der Waals surface area (Å²) in [5.74, 6) is -1.81. The Kier molecular flexibility index (Phi) is 3.41. The molecule has 1 aromatic rings. The van der Waals surface area contributed by atoms with E-state index in [9.17, 15) is 14.7 Å². The molecule has 5 N–H and O–H groups in total. The number of aliphatic carboxylic acids is 1. The van der Waals surface area contributed by atoms with Gasteiger partial charge in [0.05, 0.1) is 5.97 Å². The fraction of sp³-hybridized carbons (Fsp3) is 0.200. The zero-order chi connectivity index (χ0) is 11.4. The molecule has 0 unspecified atom stereocenters. The van der Waals surface area contributed by atoms with Crippen molar-refractivity contribution >= 4 is 11.9 Å². The fourth-order valence-electron chi connectivity index (χ4n) is 1.29. The fourth-order valence-corrected chi connectivity index (χ4v) is 1.29. The van der Waals surface area contributed by atoms with Gasteiger partial charge in [-0.25, -0.2) is 0 Å². The highest BCUT2D eigenvalue weighted by Crippen LogP contribution is 2.09. The van der Waals surface area contributed by atoms with Gasteiger partial charge in [-0.1, -0.05) is 18.2 Å². The second kappa shape index (κ2) is 4.56. The minimum Gasteiger partial charge on any atom is -0.544 e. The SMILES string of the molecule is NC(=O)c1ccccc1C[C@H]([NH3+])C(=O)[O-]. The predicted molar refractivity (Wildman–Crippen MR) is 50.3 cm³/mol. The molecule has 0 fully saturated rings. The summed E-state index contributed by atoms with van der Waals surface area (Å²) < 4.78 is 0. The second-order valence-electron chi connectivity index (χ2n) is 3.24. The summed E-state index contributed by atoms with van der Waals surface area (Å²) in [4.78, 5) is 21.5. The van der Waals surface area contributed by atoms with E-state index in [1.54, 1.807) is 24.3 Å². The lowest BCUT2D eigenvalue weighted by atomic mass is 10.0. The van der Waals surface area contributed by atoms with Crippen LogP contribution in [0.25, 0.3) is 0 Å². The normalized spacial score (nSPS) is 12.1. The van der Waals surface area contributed by atoms with Gasteiger partial charge in [0.1, 0.15) is 6.04 Å². The van der Waals surface area contributed by atoms with Crippen molar-refractivity contribution in [2.75, 3.05) is 0 Å². The number of benzene rings is 1. The van der Waals surface area contributed by atoms with E-state index in [0.29, 0.717) is 11.1 Å². The van der Waals surface area contributed by atoms with Crippen LogP contribution in [0.2, 0.25) is 0 Å². The van der Waals surface area contributed by atoms with Crippen molar-refractivity contribution < 1.29 is 20.4 Å². The Hall–Kier alpha value is -1.88. The summed E-state index contributed by atoms with van der Waals surface area (Å²) in [7, 11) is 0. The minimum atomic E-state index is -1.24. The van der Waals surface area contributed by atoms with Gasteiger partial charge in [0.15, 0.2) is 0 Å². The van der Waals surface area contributed by atoms with Gasteiger partial charge in [0.2, 0.25) is 5.91 Å². The number of carbonyl (C=O) groups is 2. The van der Waals surface area contributed by atoms with Crippen LogP contribution in [0.1, 0.15) is 15.9 Å². The van der Waals surface area contributed by atoms with Crippen molar-refractivity contribution in [1.29, 1.82) is 0 Å². The van der Waals surface area contributed by atoms with Crippen molar-refractivity contribution in [3.05, 3.63) is 35.4 Å². The Morgan fingerprint density at radius 2 is 2.00 bits per heavy atom. The van der Waals surface area contributed by atoms with Crippen LogP contribution >= 0.6 is 0 Å². The largest absolute Gasteiger partial charge is 0.544 e. The number of nitrogens with two attached hydrogens (primary N) is 1. The molecule has 0 spiro atoms. The van der Waals surface area contributed by atoms with Crippen LogP contribution in [-0.4, -0.2) is 17.9 Å². The van der Waals surface area contributed by atoms with Gasteiger partial charge in [0, 0.05) is 12.0 Å². The number of hydrogen-bond acceptors (Lipinski definition) is 3. The summed E-state index contributed by atoms with van der Waals surface area (Å²) in [6.45, 7) is 0. The number of quaternary nitrogens is 1. The Morgan fingerprint density at radius 3 is 2.53 bits per heavy atom.